The van der Waals surface area contributed by atoms with E-state index in [0.29, 0.717) is 22.4 Å². The lowest BCUT2D eigenvalue weighted by atomic mass is 10.2. The minimum Gasteiger partial charge on any atom is -0.423 e. The van der Waals surface area contributed by atoms with Gasteiger partial charge >= 0.3 is 5.97 Å². The Morgan fingerprint density at radius 2 is 2.11 bits per heavy atom. The SMILES string of the molecule is C=C(C)C(=O)Oc1cccc([N+](C)(C)CC(C)O)c1. The Morgan fingerprint density at radius 3 is 2.63 bits per heavy atom. The maximum atomic E-state index is 11.5. The number of benzene rings is 1. The second-order valence-corrected chi connectivity index (χ2v) is 5.38. The van der Waals surface area contributed by atoms with Crippen molar-refractivity contribution in [2.45, 2.75) is 20.0 Å². The smallest absolute Gasteiger partial charge is 0.338 e. The van der Waals surface area contributed by atoms with Crippen LogP contribution in [0.3, 0.4) is 0 Å². The summed E-state index contributed by atoms with van der Waals surface area (Å²) in [7, 11) is 3.98. The van der Waals surface area contributed by atoms with Gasteiger partial charge in [0, 0.05) is 11.6 Å². The summed E-state index contributed by atoms with van der Waals surface area (Å²) in [6, 6.07) is 7.31. The lowest BCUT2D eigenvalue weighted by Crippen LogP contribution is -2.45. The molecule has 104 valence electrons. The zero-order valence-electron chi connectivity index (χ0n) is 12.0. The van der Waals surface area contributed by atoms with E-state index in [9.17, 15) is 9.90 Å². The van der Waals surface area contributed by atoms with E-state index in [2.05, 4.69) is 6.58 Å². The van der Waals surface area contributed by atoms with Crippen molar-refractivity contribution in [2.75, 3.05) is 20.6 Å². The molecule has 0 radical (unpaired) electrons. The molecule has 0 spiro atoms. The molecule has 1 aromatic carbocycles. The van der Waals surface area contributed by atoms with Crippen molar-refractivity contribution in [2.24, 2.45) is 0 Å². The summed E-state index contributed by atoms with van der Waals surface area (Å²) in [6.45, 7) is 7.50. The van der Waals surface area contributed by atoms with Gasteiger partial charge < -0.3 is 9.84 Å². The average Bonchev–Trinajstić information content (AvgIpc) is 2.27. The lowest BCUT2D eigenvalue weighted by molar-refractivity contribution is -0.130. The number of carbonyl (C=O) groups excluding carboxylic acids is 1. The second-order valence-electron chi connectivity index (χ2n) is 5.38. The molecule has 1 aromatic rings. The number of aliphatic hydroxyl groups excluding tert-OH is 1. The van der Waals surface area contributed by atoms with E-state index in [1.807, 2.05) is 32.3 Å². The van der Waals surface area contributed by atoms with Crippen LogP contribution in [-0.4, -0.2) is 37.8 Å². The molecule has 0 aliphatic heterocycles. The molecule has 0 saturated heterocycles. The number of esters is 1. The molecule has 0 bridgehead atoms. The highest BCUT2D eigenvalue weighted by Gasteiger charge is 2.22. The predicted molar refractivity (Wildman–Crippen MR) is 77.1 cm³/mol. The molecule has 0 amide bonds. The first kappa shape index (κ1) is 15.4. The van der Waals surface area contributed by atoms with Crippen LogP contribution in [-0.2, 0) is 4.79 Å². The van der Waals surface area contributed by atoms with Crippen molar-refractivity contribution >= 4 is 11.7 Å². The van der Waals surface area contributed by atoms with Crippen LogP contribution in [0.4, 0.5) is 5.69 Å². The maximum absolute atomic E-state index is 11.5. The van der Waals surface area contributed by atoms with Crippen LogP contribution < -0.4 is 9.22 Å². The molecule has 0 aliphatic carbocycles. The monoisotopic (exact) mass is 264 g/mol. The Morgan fingerprint density at radius 1 is 1.47 bits per heavy atom. The number of carbonyl (C=O) groups is 1. The molecular formula is C15H22NO3+. The summed E-state index contributed by atoms with van der Waals surface area (Å²) in [5, 5.41) is 9.52. The molecule has 0 aromatic heterocycles. The minimum absolute atomic E-state index is 0.364. The van der Waals surface area contributed by atoms with Gasteiger partial charge in [-0.3, -0.25) is 4.48 Å². The minimum atomic E-state index is -0.432. The predicted octanol–water partition coefficient (Wildman–Crippen LogP) is 2.12. The molecule has 1 N–H and O–H groups in total. The van der Waals surface area contributed by atoms with Gasteiger partial charge in [0.25, 0.3) is 0 Å². The Kier molecular flexibility index (Phi) is 4.86. The number of rotatable bonds is 5. The third-order valence-electron chi connectivity index (χ3n) is 2.80. The van der Waals surface area contributed by atoms with Crippen LogP contribution in [0.25, 0.3) is 0 Å². The molecule has 1 atom stereocenters. The molecule has 0 fully saturated rings. The molecule has 1 unspecified atom stereocenters. The number of nitrogens with zero attached hydrogens (tertiary/aromatic N) is 1. The zero-order valence-corrected chi connectivity index (χ0v) is 12.0. The van der Waals surface area contributed by atoms with Crippen LogP contribution in [0.15, 0.2) is 36.4 Å². The first-order valence-corrected chi connectivity index (χ1v) is 6.22. The molecule has 1 rings (SSSR count). The van der Waals surface area contributed by atoms with Gasteiger partial charge in [0.2, 0.25) is 0 Å². The van der Waals surface area contributed by atoms with Crippen molar-refractivity contribution < 1.29 is 14.6 Å². The van der Waals surface area contributed by atoms with Crippen molar-refractivity contribution in [3.63, 3.8) is 0 Å². The first-order chi connectivity index (χ1) is 8.72. The highest BCUT2D eigenvalue weighted by atomic mass is 16.5. The topological polar surface area (TPSA) is 46.5 Å². The van der Waals surface area contributed by atoms with Gasteiger partial charge in [0.05, 0.1) is 14.1 Å². The molecule has 4 nitrogen and oxygen atoms in total. The van der Waals surface area contributed by atoms with Gasteiger partial charge in [-0.2, -0.15) is 0 Å². The molecule has 0 heterocycles. The Balaban J connectivity index is 2.94. The van der Waals surface area contributed by atoms with Crippen molar-refractivity contribution in [3.8, 4) is 5.75 Å². The van der Waals surface area contributed by atoms with Crippen LogP contribution in [0.1, 0.15) is 13.8 Å². The van der Waals surface area contributed by atoms with Gasteiger partial charge in [0.1, 0.15) is 24.1 Å². The number of hydrogen-bond donors (Lipinski definition) is 1. The Labute approximate surface area is 114 Å². The van der Waals surface area contributed by atoms with Crippen LogP contribution in [0.5, 0.6) is 5.75 Å². The van der Waals surface area contributed by atoms with E-state index in [1.54, 1.807) is 19.9 Å². The highest BCUT2D eigenvalue weighted by molar-refractivity contribution is 5.88. The average molecular weight is 264 g/mol. The molecule has 0 saturated carbocycles. The summed E-state index contributed by atoms with van der Waals surface area (Å²) in [5.74, 6) is 0.0558. The van der Waals surface area contributed by atoms with Crippen LogP contribution in [0.2, 0.25) is 0 Å². The quantitative estimate of drug-likeness (QED) is 0.383. The third kappa shape index (κ3) is 4.50. The summed E-state index contributed by atoms with van der Waals surface area (Å²) in [4.78, 5) is 11.5. The van der Waals surface area contributed by atoms with Gasteiger partial charge in [-0.25, -0.2) is 4.79 Å². The molecule has 0 aliphatic rings. The number of quaternary nitrogens is 1. The summed E-state index contributed by atoms with van der Waals surface area (Å²) in [6.07, 6.45) is -0.406. The fourth-order valence-electron chi connectivity index (χ4n) is 1.88. The van der Waals surface area contributed by atoms with E-state index >= 15 is 0 Å². The van der Waals surface area contributed by atoms with Gasteiger partial charge in [-0.05, 0) is 26.0 Å². The van der Waals surface area contributed by atoms with Gasteiger partial charge in [-0.1, -0.05) is 12.6 Å². The number of ether oxygens (including phenoxy) is 1. The van der Waals surface area contributed by atoms with E-state index in [0.717, 1.165) is 5.69 Å². The second kappa shape index (κ2) is 5.99. The number of aliphatic hydroxyl groups is 1. The molecule has 19 heavy (non-hydrogen) atoms. The standard InChI is InChI=1S/C15H22NO3/c1-11(2)15(18)19-14-8-6-7-13(9-14)16(4,5)10-12(3)17/h6-9,12,17H,1,10H2,2-5H3/q+1. The van der Waals surface area contributed by atoms with E-state index in [4.69, 9.17) is 4.74 Å². The van der Waals surface area contributed by atoms with Crippen molar-refractivity contribution in [1.29, 1.82) is 0 Å². The zero-order chi connectivity index (χ0) is 14.6. The van der Waals surface area contributed by atoms with Crippen molar-refractivity contribution in [1.82, 2.24) is 4.48 Å². The third-order valence-corrected chi connectivity index (χ3v) is 2.80. The van der Waals surface area contributed by atoms with Gasteiger partial charge in [-0.15, -0.1) is 0 Å². The number of likely N-dealkylation sites (N-methyl/N-ethyl adjacent to an activating group) is 1. The fraction of sp³-hybridized carbons (Fsp3) is 0.400. The summed E-state index contributed by atoms with van der Waals surface area (Å²) in [5.41, 5.74) is 1.33. The van der Waals surface area contributed by atoms with Gasteiger partial charge in [0.15, 0.2) is 0 Å². The highest BCUT2D eigenvalue weighted by Crippen LogP contribution is 2.25. The normalized spacial score (nSPS) is 12.9. The fourth-order valence-corrected chi connectivity index (χ4v) is 1.88. The van der Waals surface area contributed by atoms with E-state index < -0.39 is 12.1 Å². The Hall–Kier alpha value is -1.65. The lowest BCUT2D eigenvalue weighted by Gasteiger charge is -2.30. The Bertz CT molecular complexity index is 478. The van der Waals surface area contributed by atoms with Crippen LogP contribution >= 0.6 is 0 Å². The molecular weight excluding hydrogens is 242 g/mol. The van der Waals surface area contributed by atoms with Crippen LogP contribution in [0, 0.1) is 0 Å². The van der Waals surface area contributed by atoms with E-state index in [1.165, 1.54) is 0 Å². The van der Waals surface area contributed by atoms with Crippen molar-refractivity contribution in [3.05, 3.63) is 36.4 Å². The summed E-state index contributed by atoms with van der Waals surface area (Å²) < 4.78 is 5.72. The first-order valence-electron chi connectivity index (χ1n) is 6.22. The molecule has 4 heteroatoms. The maximum Gasteiger partial charge on any atom is 0.338 e. The summed E-state index contributed by atoms with van der Waals surface area (Å²) >= 11 is 0. The van der Waals surface area contributed by atoms with E-state index in [-0.39, 0.29) is 0 Å². The largest absolute Gasteiger partial charge is 0.423 e. The number of hydrogen-bond acceptors (Lipinski definition) is 3.